The SMILES string of the molecule is CCCNCc1ccc(N(C)CC2CCOCC2)c(F)c1. The lowest BCUT2D eigenvalue weighted by Gasteiger charge is -2.28. The minimum Gasteiger partial charge on any atom is -0.381 e. The van der Waals surface area contributed by atoms with E-state index in [9.17, 15) is 4.39 Å². The monoisotopic (exact) mass is 294 g/mol. The summed E-state index contributed by atoms with van der Waals surface area (Å²) in [6.07, 6.45) is 3.24. The molecule has 1 fully saturated rings. The van der Waals surface area contributed by atoms with Gasteiger partial charge in [-0.1, -0.05) is 13.0 Å². The van der Waals surface area contributed by atoms with Crippen LogP contribution < -0.4 is 10.2 Å². The van der Waals surface area contributed by atoms with E-state index in [4.69, 9.17) is 4.74 Å². The Hall–Kier alpha value is -1.13. The first-order valence-electron chi connectivity index (χ1n) is 7.98. The lowest BCUT2D eigenvalue weighted by atomic mass is 9.99. The normalized spacial score (nSPS) is 16.1. The van der Waals surface area contributed by atoms with Gasteiger partial charge in [0.15, 0.2) is 0 Å². The third-order valence-corrected chi connectivity index (χ3v) is 4.05. The van der Waals surface area contributed by atoms with Gasteiger partial charge in [-0.3, -0.25) is 0 Å². The molecule has 0 spiro atoms. The van der Waals surface area contributed by atoms with Crippen LogP contribution >= 0.6 is 0 Å². The first kappa shape index (κ1) is 16.2. The van der Waals surface area contributed by atoms with E-state index >= 15 is 0 Å². The van der Waals surface area contributed by atoms with E-state index < -0.39 is 0 Å². The van der Waals surface area contributed by atoms with Crippen molar-refractivity contribution >= 4 is 5.69 Å². The molecule has 0 unspecified atom stereocenters. The largest absolute Gasteiger partial charge is 0.381 e. The van der Waals surface area contributed by atoms with Gasteiger partial charge in [0.1, 0.15) is 5.82 Å². The van der Waals surface area contributed by atoms with Gasteiger partial charge in [-0.15, -0.1) is 0 Å². The Bertz CT molecular complexity index is 433. The summed E-state index contributed by atoms with van der Waals surface area (Å²) in [5.74, 6) is 0.481. The topological polar surface area (TPSA) is 24.5 Å². The molecule has 1 aromatic rings. The molecule has 1 aliphatic heterocycles. The number of rotatable bonds is 7. The van der Waals surface area contributed by atoms with Crippen LogP contribution in [-0.2, 0) is 11.3 Å². The third-order valence-electron chi connectivity index (χ3n) is 4.05. The van der Waals surface area contributed by atoms with Crippen molar-refractivity contribution < 1.29 is 9.13 Å². The van der Waals surface area contributed by atoms with Crippen molar-refractivity contribution in [1.29, 1.82) is 0 Å². The summed E-state index contributed by atoms with van der Waals surface area (Å²) in [5, 5.41) is 3.30. The second-order valence-electron chi connectivity index (χ2n) is 5.90. The van der Waals surface area contributed by atoms with Crippen molar-refractivity contribution in [2.45, 2.75) is 32.7 Å². The van der Waals surface area contributed by atoms with E-state index in [-0.39, 0.29) is 5.82 Å². The van der Waals surface area contributed by atoms with E-state index in [0.29, 0.717) is 11.6 Å². The summed E-state index contributed by atoms with van der Waals surface area (Å²) in [5.41, 5.74) is 1.70. The molecule has 21 heavy (non-hydrogen) atoms. The predicted octanol–water partition coefficient (Wildman–Crippen LogP) is 3.19. The van der Waals surface area contributed by atoms with Crippen LogP contribution in [-0.4, -0.2) is 33.4 Å². The van der Waals surface area contributed by atoms with Gasteiger partial charge < -0.3 is 15.0 Å². The van der Waals surface area contributed by atoms with Crippen LogP contribution in [0, 0.1) is 11.7 Å². The van der Waals surface area contributed by atoms with Crippen molar-refractivity contribution in [3.8, 4) is 0 Å². The number of ether oxygens (including phenoxy) is 1. The molecule has 1 aromatic carbocycles. The molecule has 0 amide bonds. The van der Waals surface area contributed by atoms with Crippen LogP contribution in [0.2, 0.25) is 0 Å². The smallest absolute Gasteiger partial charge is 0.146 e. The van der Waals surface area contributed by atoms with Crippen LogP contribution in [0.15, 0.2) is 18.2 Å². The quantitative estimate of drug-likeness (QED) is 0.782. The Kier molecular flexibility index (Phi) is 6.46. The molecule has 0 radical (unpaired) electrons. The second kappa shape index (κ2) is 8.35. The van der Waals surface area contributed by atoms with Gasteiger partial charge in [0.25, 0.3) is 0 Å². The molecule has 0 aliphatic carbocycles. The number of nitrogens with one attached hydrogen (secondary N) is 1. The van der Waals surface area contributed by atoms with Crippen LogP contribution in [0.3, 0.4) is 0 Å². The number of nitrogens with zero attached hydrogens (tertiary/aromatic N) is 1. The summed E-state index contributed by atoms with van der Waals surface area (Å²) >= 11 is 0. The maximum Gasteiger partial charge on any atom is 0.146 e. The molecule has 118 valence electrons. The highest BCUT2D eigenvalue weighted by molar-refractivity contribution is 5.48. The zero-order valence-electron chi connectivity index (χ0n) is 13.2. The maximum atomic E-state index is 14.3. The van der Waals surface area contributed by atoms with E-state index in [2.05, 4.69) is 12.2 Å². The minimum absolute atomic E-state index is 0.125. The Balaban J connectivity index is 1.92. The summed E-state index contributed by atoms with van der Waals surface area (Å²) in [4.78, 5) is 2.04. The van der Waals surface area contributed by atoms with Crippen molar-refractivity contribution in [3.05, 3.63) is 29.6 Å². The zero-order valence-corrected chi connectivity index (χ0v) is 13.2. The Morgan fingerprint density at radius 3 is 2.76 bits per heavy atom. The highest BCUT2D eigenvalue weighted by Crippen LogP contribution is 2.23. The molecule has 0 atom stereocenters. The van der Waals surface area contributed by atoms with E-state index in [1.807, 2.05) is 24.1 Å². The molecule has 0 saturated carbocycles. The number of halogens is 1. The van der Waals surface area contributed by atoms with Gasteiger partial charge in [-0.05, 0) is 49.4 Å². The number of hydrogen-bond acceptors (Lipinski definition) is 3. The molecule has 1 N–H and O–H groups in total. The highest BCUT2D eigenvalue weighted by Gasteiger charge is 2.17. The summed E-state index contributed by atoms with van der Waals surface area (Å²) in [7, 11) is 1.98. The summed E-state index contributed by atoms with van der Waals surface area (Å²) in [6.45, 7) is 6.39. The van der Waals surface area contributed by atoms with Crippen molar-refractivity contribution in [2.24, 2.45) is 5.92 Å². The van der Waals surface area contributed by atoms with Gasteiger partial charge in [0, 0.05) is 33.4 Å². The average molecular weight is 294 g/mol. The number of benzene rings is 1. The van der Waals surface area contributed by atoms with Crippen LogP contribution in [0.4, 0.5) is 10.1 Å². The van der Waals surface area contributed by atoms with Crippen molar-refractivity contribution in [3.63, 3.8) is 0 Å². The standard InChI is InChI=1S/C17H27FN2O/c1-3-8-19-12-15-4-5-17(16(18)11-15)20(2)13-14-6-9-21-10-7-14/h4-5,11,14,19H,3,6-10,12-13H2,1-2H3. The van der Waals surface area contributed by atoms with Gasteiger partial charge in [-0.25, -0.2) is 4.39 Å². The van der Waals surface area contributed by atoms with Gasteiger partial charge in [0.2, 0.25) is 0 Å². The molecule has 2 rings (SSSR count). The number of hydrogen-bond donors (Lipinski definition) is 1. The van der Waals surface area contributed by atoms with Crippen LogP contribution in [0.1, 0.15) is 31.7 Å². The Morgan fingerprint density at radius 2 is 2.10 bits per heavy atom. The first-order chi connectivity index (χ1) is 10.2. The van der Waals surface area contributed by atoms with Gasteiger partial charge in [0.05, 0.1) is 5.69 Å². The molecule has 4 heteroatoms. The summed E-state index contributed by atoms with van der Waals surface area (Å²) < 4.78 is 19.6. The fourth-order valence-electron chi connectivity index (χ4n) is 2.79. The molecule has 1 aliphatic rings. The van der Waals surface area contributed by atoms with E-state index in [0.717, 1.165) is 57.7 Å². The second-order valence-corrected chi connectivity index (χ2v) is 5.90. The fourth-order valence-corrected chi connectivity index (χ4v) is 2.79. The molecule has 0 aromatic heterocycles. The maximum absolute atomic E-state index is 14.3. The highest BCUT2D eigenvalue weighted by atomic mass is 19.1. The van der Waals surface area contributed by atoms with Gasteiger partial charge >= 0.3 is 0 Å². The van der Waals surface area contributed by atoms with Gasteiger partial charge in [-0.2, -0.15) is 0 Å². The van der Waals surface area contributed by atoms with Crippen LogP contribution in [0.5, 0.6) is 0 Å². The Labute approximate surface area is 127 Å². The molecule has 1 saturated heterocycles. The molecular formula is C17H27FN2O. The first-order valence-corrected chi connectivity index (χ1v) is 7.98. The molecule has 0 bridgehead atoms. The lowest BCUT2D eigenvalue weighted by Crippen LogP contribution is -2.30. The molecule has 1 heterocycles. The average Bonchev–Trinajstić information content (AvgIpc) is 2.48. The zero-order chi connectivity index (χ0) is 15.1. The lowest BCUT2D eigenvalue weighted by molar-refractivity contribution is 0.0685. The predicted molar refractivity (Wildman–Crippen MR) is 85.2 cm³/mol. The third kappa shape index (κ3) is 4.97. The molecule has 3 nitrogen and oxygen atoms in total. The molecular weight excluding hydrogens is 267 g/mol. The Morgan fingerprint density at radius 1 is 1.33 bits per heavy atom. The fraction of sp³-hybridized carbons (Fsp3) is 0.647. The van der Waals surface area contributed by atoms with E-state index in [1.54, 1.807) is 6.07 Å². The van der Waals surface area contributed by atoms with E-state index in [1.165, 1.54) is 0 Å². The van der Waals surface area contributed by atoms with Crippen molar-refractivity contribution in [1.82, 2.24) is 5.32 Å². The summed E-state index contributed by atoms with van der Waals surface area (Å²) in [6, 6.07) is 5.57. The van der Waals surface area contributed by atoms with Crippen molar-refractivity contribution in [2.75, 3.05) is 38.3 Å². The van der Waals surface area contributed by atoms with Crippen LogP contribution in [0.25, 0.3) is 0 Å². The number of anilines is 1. The minimum atomic E-state index is -0.125.